The van der Waals surface area contributed by atoms with E-state index in [1.54, 1.807) is 6.92 Å². The van der Waals surface area contributed by atoms with Crippen molar-refractivity contribution in [2.75, 3.05) is 6.61 Å². The van der Waals surface area contributed by atoms with Crippen LogP contribution < -0.4 is 0 Å². The maximum absolute atomic E-state index is 12.9. The average Bonchev–Trinajstić information content (AvgIpc) is 2.19. The van der Waals surface area contributed by atoms with Gasteiger partial charge in [-0.1, -0.05) is 0 Å². The van der Waals surface area contributed by atoms with Crippen molar-refractivity contribution >= 4 is 5.97 Å². The lowest BCUT2D eigenvalue weighted by molar-refractivity contribution is -0.145. The van der Waals surface area contributed by atoms with Crippen LogP contribution in [0.3, 0.4) is 0 Å². The summed E-state index contributed by atoms with van der Waals surface area (Å²) in [4.78, 5) is 14.1. The van der Waals surface area contributed by atoms with Gasteiger partial charge < -0.3 is 4.74 Å². The van der Waals surface area contributed by atoms with E-state index in [0.717, 1.165) is 6.07 Å². The number of esters is 1. The standard InChI is InChI=1S/C10H9F4NO2/c1-2-17-8(16)5-6-3-4-7(11)9(15-6)10(12,13)14/h3-4H,2,5H2,1H3. The van der Waals surface area contributed by atoms with Crippen molar-refractivity contribution in [1.29, 1.82) is 0 Å². The summed E-state index contributed by atoms with van der Waals surface area (Å²) in [6.07, 6.45) is -5.30. The van der Waals surface area contributed by atoms with E-state index in [1.807, 2.05) is 0 Å². The van der Waals surface area contributed by atoms with E-state index in [4.69, 9.17) is 0 Å². The predicted molar refractivity (Wildman–Crippen MR) is 49.5 cm³/mol. The number of hydrogen-bond donors (Lipinski definition) is 0. The largest absolute Gasteiger partial charge is 0.466 e. The van der Waals surface area contributed by atoms with Gasteiger partial charge in [0.15, 0.2) is 11.5 Å². The Morgan fingerprint density at radius 1 is 1.41 bits per heavy atom. The van der Waals surface area contributed by atoms with Gasteiger partial charge in [0.05, 0.1) is 18.7 Å². The molecule has 0 atom stereocenters. The third-order valence-corrected chi connectivity index (χ3v) is 1.80. The van der Waals surface area contributed by atoms with Gasteiger partial charge in [0, 0.05) is 0 Å². The van der Waals surface area contributed by atoms with Crippen molar-refractivity contribution < 1.29 is 27.1 Å². The van der Waals surface area contributed by atoms with Crippen molar-refractivity contribution in [3.63, 3.8) is 0 Å². The first kappa shape index (κ1) is 13.4. The molecule has 1 heterocycles. The molecule has 1 aromatic heterocycles. The summed E-state index contributed by atoms with van der Waals surface area (Å²) in [5.41, 5.74) is -1.81. The maximum Gasteiger partial charge on any atom is 0.436 e. The molecule has 1 aromatic rings. The van der Waals surface area contributed by atoms with Crippen molar-refractivity contribution in [2.24, 2.45) is 0 Å². The molecule has 0 aliphatic carbocycles. The second-order valence-electron chi connectivity index (χ2n) is 3.11. The molecule has 0 aromatic carbocycles. The Bertz CT molecular complexity index is 417. The molecular weight excluding hydrogens is 242 g/mol. The van der Waals surface area contributed by atoms with Gasteiger partial charge in [-0.2, -0.15) is 13.2 Å². The molecular formula is C10H9F4NO2. The normalized spacial score (nSPS) is 11.4. The Hall–Kier alpha value is -1.66. The van der Waals surface area contributed by atoms with Gasteiger partial charge >= 0.3 is 12.1 Å². The molecule has 0 fully saturated rings. The summed E-state index contributed by atoms with van der Waals surface area (Å²) in [7, 11) is 0. The van der Waals surface area contributed by atoms with Gasteiger partial charge in [0.2, 0.25) is 0 Å². The fourth-order valence-electron chi connectivity index (χ4n) is 1.14. The highest BCUT2D eigenvalue weighted by atomic mass is 19.4. The number of aromatic nitrogens is 1. The molecule has 0 aliphatic rings. The van der Waals surface area contributed by atoms with E-state index in [9.17, 15) is 22.4 Å². The van der Waals surface area contributed by atoms with Crippen LogP contribution in [0.4, 0.5) is 17.6 Å². The number of ether oxygens (including phenoxy) is 1. The molecule has 0 saturated heterocycles. The van der Waals surface area contributed by atoms with Crippen LogP contribution in [0.5, 0.6) is 0 Å². The third kappa shape index (κ3) is 3.69. The molecule has 0 bridgehead atoms. The number of nitrogens with zero attached hydrogens (tertiary/aromatic N) is 1. The van der Waals surface area contributed by atoms with Gasteiger partial charge in [0.1, 0.15) is 0 Å². The molecule has 0 spiro atoms. The Morgan fingerprint density at radius 2 is 2.06 bits per heavy atom. The lowest BCUT2D eigenvalue weighted by atomic mass is 10.2. The van der Waals surface area contributed by atoms with E-state index < -0.39 is 30.1 Å². The molecule has 1 rings (SSSR count). The number of pyridine rings is 1. The molecule has 0 saturated carbocycles. The summed E-state index contributed by atoms with van der Waals surface area (Å²) in [5, 5.41) is 0. The number of alkyl halides is 3. The van der Waals surface area contributed by atoms with Crippen LogP contribution in [-0.4, -0.2) is 17.6 Å². The molecule has 0 N–H and O–H groups in total. The Labute approximate surface area is 94.4 Å². The molecule has 0 unspecified atom stereocenters. The van der Waals surface area contributed by atoms with Crippen LogP contribution in [0.25, 0.3) is 0 Å². The van der Waals surface area contributed by atoms with Crippen molar-refractivity contribution in [3.8, 4) is 0 Å². The Morgan fingerprint density at radius 3 is 2.59 bits per heavy atom. The minimum Gasteiger partial charge on any atom is -0.466 e. The zero-order chi connectivity index (χ0) is 13.1. The van der Waals surface area contributed by atoms with Crippen LogP contribution in [0, 0.1) is 5.82 Å². The van der Waals surface area contributed by atoms with Gasteiger partial charge in [0.25, 0.3) is 0 Å². The van der Waals surface area contributed by atoms with Crippen LogP contribution in [0.15, 0.2) is 12.1 Å². The number of carbonyl (C=O) groups excluding carboxylic acids is 1. The summed E-state index contributed by atoms with van der Waals surface area (Å²) < 4.78 is 54.3. The van der Waals surface area contributed by atoms with Gasteiger partial charge in [-0.05, 0) is 19.1 Å². The van der Waals surface area contributed by atoms with Crippen LogP contribution in [0.2, 0.25) is 0 Å². The molecule has 7 heteroatoms. The van der Waals surface area contributed by atoms with Gasteiger partial charge in [-0.25, -0.2) is 9.37 Å². The smallest absolute Gasteiger partial charge is 0.436 e. The molecule has 0 amide bonds. The average molecular weight is 251 g/mol. The second kappa shape index (κ2) is 5.11. The van der Waals surface area contributed by atoms with E-state index >= 15 is 0 Å². The fraction of sp³-hybridized carbons (Fsp3) is 0.400. The molecule has 3 nitrogen and oxygen atoms in total. The highest BCUT2D eigenvalue weighted by Gasteiger charge is 2.36. The SMILES string of the molecule is CCOC(=O)Cc1ccc(F)c(C(F)(F)F)n1. The third-order valence-electron chi connectivity index (χ3n) is 1.80. The quantitative estimate of drug-likeness (QED) is 0.611. The second-order valence-corrected chi connectivity index (χ2v) is 3.11. The first-order valence-electron chi connectivity index (χ1n) is 4.72. The van der Waals surface area contributed by atoms with Crippen molar-refractivity contribution in [3.05, 3.63) is 29.3 Å². The summed E-state index contributed by atoms with van der Waals surface area (Å²) in [5.74, 6) is -2.18. The lowest BCUT2D eigenvalue weighted by Crippen LogP contribution is -2.15. The highest BCUT2D eigenvalue weighted by molar-refractivity contribution is 5.71. The van der Waals surface area contributed by atoms with E-state index in [2.05, 4.69) is 9.72 Å². The first-order valence-corrected chi connectivity index (χ1v) is 4.72. The van der Waals surface area contributed by atoms with Crippen molar-refractivity contribution in [1.82, 2.24) is 4.98 Å². The van der Waals surface area contributed by atoms with Crippen LogP contribution in [-0.2, 0) is 22.1 Å². The van der Waals surface area contributed by atoms with Crippen LogP contribution >= 0.6 is 0 Å². The fourth-order valence-corrected chi connectivity index (χ4v) is 1.14. The summed E-state index contributed by atoms with van der Waals surface area (Å²) in [6, 6.07) is 1.64. The van der Waals surface area contributed by atoms with Gasteiger partial charge in [-0.15, -0.1) is 0 Å². The predicted octanol–water partition coefficient (Wildman–Crippen LogP) is 2.35. The molecule has 94 valence electrons. The maximum atomic E-state index is 12.9. The van der Waals surface area contributed by atoms with Gasteiger partial charge in [-0.3, -0.25) is 4.79 Å². The number of halogens is 4. The highest BCUT2D eigenvalue weighted by Crippen LogP contribution is 2.29. The minimum absolute atomic E-state index is 0.117. The number of carbonyl (C=O) groups is 1. The molecule has 0 aliphatic heterocycles. The lowest BCUT2D eigenvalue weighted by Gasteiger charge is -2.08. The van der Waals surface area contributed by atoms with Crippen molar-refractivity contribution in [2.45, 2.75) is 19.5 Å². The topological polar surface area (TPSA) is 39.2 Å². The van der Waals surface area contributed by atoms with Crippen LogP contribution in [0.1, 0.15) is 18.3 Å². The van der Waals surface area contributed by atoms with E-state index in [0.29, 0.717) is 6.07 Å². The Balaban J connectivity index is 2.93. The monoisotopic (exact) mass is 251 g/mol. The molecule has 0 radical (unpaired) electrons. The van der Waals surface area contributed by atoms with E-state index in [1.165, 1.54) is 0 Å². The minimum atomic E-state index is -4.88. The number of hydrogen-bond acceptors (Lipinski definition) is 3. The summed E-state index contributed by atoms with van der Waals surface area (Å²) in [6.45, 7) is 1.68. The summed E-state index contributed by atoms with van der Waals surface area (Å²) >= 11 is 0. The van der Waals surface area contributed by atoms with E-state index in [-0.39, 0.29) is 12.3 Å². The zero-order valence-corrected chi connectivity index (χ0v) is 8.84. The zero-order valence-electron chi connectivity index (χ0n) is 8.84. The molecule has 17 heavy (non-hydrogen) atoms. The Kier molecular flexibility index (Phi) is 4.03. The first-order chi connectivity index (χ1) is 7.84. The number of rotatable bonds is 3.